The van der Waals surface area contributed by atoms with E-state index in [-0.39, 0.29) is 35.6 Å². The van der Waals surface area contributed by atoms with Crippen LogP contribution in [0.4, 0.5) is 10.5 Å². The molecule has 3 atom stereocenters. The number of nitrogens with zero attached hydrogens (tertiary/aromatic N) is 2. The number of ether oxygens (including phenoxy) is 1. The van der Waals surface area contributed by atoms with E-state index in [9.17, 15) is 28.1 Å². The van der Waals surface area contributed by atoms with E-state index in [1.54, 1.807) is 0 Å². The first kappa shape index (κ1) is 36.5. The zero-order chi connectivity index (χ0) is 34.7. The van der Waals surface area contributed by atoms with Gasteiger partial charge in [0.05, 0.1) is 23.0 Å². The molecule has 1 heterocycles. The minimum absolute atomic E-state index is 0.00898. The highest BCUT2D eigenvalue weighted by Crippen LogP contribution is 2.29. The van der Waals surface area contributed by atoms with E-state index in [2.05, 4.69) is 21.3 Å². The Morgan fingerprint density at radius 2 is 1.56 bits per heavy atom. The molecule has 0 bridgehead atoms. The molecule has 2 amide bonds. The van der Waals surface area contributed by atoms with Gasteiger partial charge in [-0.3, -0.25) is 14.9 Å². The van der Waals surface area contributed by atoms with Crippen molar-refractivity contribution >= 4 is 27.7 Å². The molecular weight excluding hydrogens is 636 g/mol. The number of nitro benzene ring substituents is 1. The Hall–Kier alpha value is -4.37. The standard InChI is InChI=1S/C34H44N6O7S/c1-24(2)18-21-39(48(45,46)28-16-14-27(15-17-28)40(43)44)30-23-35-22-29(30)36-19-20-37-33(41)32(38-34(42)47-3)31(25-10-6-4-7-11-25)26-12-8-5-9-13-26/h4-17,24,29-32,35-36H,18-23H2,1-3H3,(H,37,41)(H,38,42)/t29-,30-,32+/m1/s1. The summed E-state index contributed by atoms with van der Waals surface area (Å²) >= 11 is 0. The Balaban J connectivity index is 1.47. The van der Waals surface area contributed by atoms with Crippen LogP contribution < -0.4 is 21.3 Å². The van der Waals surface area contributed by atoms with Gasteiger partial charge in [-0.05, 0) is 35.6 Å². The molecule has 0 saturated carbocycles. The predicted octanol–water partition coefficient (Wildman–Crippen LogP) is 3.23. The van der Waals surface area contributed by atoms with Crippen molar-refractivity contribution in [2.24, 2.45) is 5.92 Å². The maximum Gasteiger partial charge on any atom is 0.407 e. The quantitative estimate of drug-likeness (QED) is 0.101. The summed E-state index contributed by atoms with van der Waals surface area (Å²) in [6, 6.07) is 22.1. The van der Waals surface area contributed by atoms with Crippen molar-refractivity contribution in [2.75, 3.05) is 39.8 Å². The van der Waals surface area contributed by atoms with Crippen LogP contribution in [0.25, 0.3) is 0 Å². The molecule has 4 N–H and O–H groups in total. The third-order valence-corrected chi connectivity index (χ3v) is 10.3. The first-order chi connectivity index (χ1) is 23.0. The molecule has 3 aromatic carbocycles. The van der Waals surface area contributed by atoms with Crippen LogP contribution in [0, 0.1) is 16.0 Å². The lowest BCUT2D eigenvalue weighted by molar-refractivity contribution is -0.384. The van der Waals surface area contributed by atoms with Gasteiger partial charge in [0.2, 0.25) is 15.9 Å². The number of amides is 2. The number of methoxy groups -OCH3 is 1. The Kier molecular flexibility index (Phi) is 13.0. The molecule has 3 aromatic rings. The smallest absolute Gasteiger partial charge is 0.407 e. The van der Waals surface area contributed by atoms with Gasteiger partial charge in [0.15, 0.2) is 0 Å². The molecule has 1 fully saturated rings. The van der Waals surface area contributed by atoms with E-state index in [0.29, 0.717) is 26.1 Å². The van der Waals surface area contributed by atoms with E-state index in [0.717, 1.165) is 11.1 Å². The zero-order valence-electron chi connectivity index (χ0n) is 27.4. The van der Waals surface area contributed by atoms with Crippen LogP contribution in [0.3, 0.4) is 0 Å². The number of hydrogen-bond donors (Lipinski definition) is 4. The van der Waals surface area contributed by atoms with Crippen molar-refractivity contribution in [1.82, 2.24) is 25.6 Å². The number of nitrogens with one attached hydrogen (secondary N) is 4. The Morgan fingerprint density at radius 3 is 2.10 bits per heavy atom. The van der Waals surface area contributed by atoms with Gasteiger partial charge in [-0.1, -0.05) is 74.5 Å². The summed E-state index contributed by atoms with van der Waals surface area (Å²) < 4.78 is 34.1. The highest BCUT2D eigenvalue weighted by atomic mass is 32.2. The molecule has 4 rings (SSSR count). The molecule has 258 valence electrons. The van der Waals surface area contributed by atoms with Crippen molar-refractivity contribution in [3.8, 4) is 0 Å². The van der Waals surface area contributed by atoms with E-state index >= 15 is 0 Å². The van der Waals surface area contributed by atoms with Crippen molar-refractivity contribution < 1.29 is 27.7 Å². The number of benzene rings is 3. The maximum absolute atomic E-state index is 13.9. The SMILES string of the molecule is COC(=O)N[C@H](C(=O)NCCN[C@@H]1CNC[C@H]1N(CCC(C)C)S(=O)(=O)c1ccc([N+](=O)[O-])cc1)C(c1ccccc1)c1ccccc1. The van der Waals surface area contributed by atoms with Crippen LogP contribution >= 0.6 is 0 Å². The highest BCUT2D eigenvalue weighted by Gasteiger charge is 2.39. The lowest BCUT2D eigenvalue weighted by atomic mass is 9.84. The summed E-state index contributed by atoms with van der Waals surface area (Å²) in [5, 5.41) is 23.5. The second-order valence-corrected chi connectivity index (χ2v) is 13.9. The molecule has 1 aliphatic rings. The first-order valence-corrected chi connectivity index (χ1v) is 17.4. The second-order valence-electron chi connectivity index (χ2n) is 12.0. The number of carbonyl (C=O) groups excluding carboxylic acids is 2. The molecule has 0 unspecified atom stereocenters. The summed E-state index contributed by atoms with van der Waals surface area (Å²) in [6.45, 7) is 5.77. The van der Waals surface area contributed by atoms with Gasteiger partial charge in [-0.15, -0.1) is 0 Å². The maximum atomic E-state index is 13.9. The third-order valence-electron chi connectivity index (χ3n) is 8.36. The van der Waals surface area contributed by atoms with Gasteiger partial charge >= 0.3 is 6.09 Å². The molecule has 0 radical (unpaired) electrons. The average Bonchev–Trinajstić information content (AvgIpc) is 3.54. The molecule has 48 heavy (non-hydrogen) atoms. The van der Waals surface area contributed by atoms with E-state index in [4.69, 9.17) is 4.74 Å². The first-order valence-electron chi connectivity index (χ1n) is 16.0. The largest absolute Gasteiger partial charge is 0.453 e. The molecule has 1 saturated heterocycles. The fraction of sp³-hybridized carbons (Fsp3) is 0.412. The van der Waals surface area contributed by atoms with Gasteiger partial charge in [0.25, 0.3) is 5.69 Å². The number of rotatable bonds is 16. The van der Waals surface area contributed by atoms with Crippen molar-refractivity contribution in [2.45, 2.75) is 49.2 Å². The number of hydrogen-bond acceptors (Lipinski definition) is 9. The van der Waals surface area contributed by atoms with Crippen LogP contribution in [-0.4, -0.2) is 87.6 Å². The van der Waals surface area contributed by atoms with Crippen molar-refractivity contribution in [3.63, 3.8) is 0 Å². The van der Waals surface area contributed by atoms with E-state index in [1.165, 1.54) is 35.7 Å². The van der Waals surface area contributed by atoms with Crippen LogP contribution in [0.2, 0.25) is 0 Å². The van der Waals surface area contributed by atoms with Crippen LogP contribution in [0.1, 0.15) is 37.3 Å². The minimum Gasteiger partial charge on any atom is -0.453 e. The molecule has 0 aromatic heterocycles. The number of non-ortho nitro benzene ring substituents is 1. The lowest BCUT2D eigenvalue weighted by Gasteiger charge is -2.32. The van der Waals surface area contributed by atoms with Gasteiger partial charge in [-0.2, -0.15) is 4.31 Å². The zero-order valence-corrected chi connectivity index (χ0v) is 28.2. The fourth-order valence-corrected chi connectivity index (χ4v) is 7.51. The highest BCUT2D eigenvalue weighted by molar-refractivity contribution is 7.89. The number of sulfonamides is 1. The number of carbonyl (C=O) groups is 2. The van der Waals surface area contributed by atoms with Crippen molar-refractivity contribution in [3.05, 3.63) is 106 Å². The van der Waals surface area contributed by atoms with Gasteiger partial charge in [-0.25, -0.2) is 13.2 Å². The molecule has 0 spiro atoms. The normalized spacial score (nSPS) is 17.0. The molecular formula is C34H44N6O7S. The van der Waals surface area contributed by atoms with Gasteiger partial charge < -0.3 is 26.0 Å². The molecule has 0 aliphatic carbocycles. The summed E-state index contributed by atoms with van der Waals surface area (Å²) in [5.74, 6) is -0.653. The Labute approximate surface area is 281 Å². The monoisotopic (exact) mass is 680 g/mol. The lowest BCUT2D eigenvalue weighted by Crippen LogP contribution is -2.54. The topological polar surface area (TPSA) is 172 Å². The average molecular weight is 681 g/mol. The summed E-state index contributed by atoms with van der Waals surface area (Å²) in [7, 11) is -2.74. The number of alkyl carbamates (subject to hydrolysis) is 1. The van der Waals surface area contributed by atoms with Gasteiger partial charge in [0.1, 0.15) is 6.04 Å². The summed E-state index contributed by atoms with van der Waals surface area (Å²) in [5.41, 5.74) is 1.50. The molecule has 14 heteroatoms. The van der Waals surface area contributed by atoms with Gasteiger partial charge in [0, 0.05) is 56.8 Å². The summed E-state index contributed by atoms with van der Waals surface area (Å²) in [4.78, 5) is 36.7. The minimum atomic E-state index is -3.98. The van der Waals surface area contributed by atoms with Crippen molar-refractivity contribution in [1.29, 1.82) is 0 Å². The fourth-order valence-electron chi connectivity index (χ4n) is 5.84. The third kappa shape index (κ3) is 9.37. The van der Waals surface area contributed by atoms with Crippen LogP contribution in [0.15, 0.2) is 89.8 Å². The van der Waals surface area contributed by atoms with Crippen LogP contribution in [-0.2, 0) is 19.6 Å². The molecule has 13 nitrogen and oxygen atoms in total. The van der Waals surface area contributed by atoms with E-state index in [1.807, 2.05) is 74.5 Å². The second kappa shape index (κ2) is 17.2. The predicted molar refractivity (Wildman–Crippen MR) is 182 cm³/mol. The Bertz CT molecular complexity index is 1570. The number of nitro groups is 1. The van der Waals surface area contributed by atoms with Crippen LogP contribution in [0.5, 0.6) is 0 Å². The summed E-state index contributed by atoms with van der Waals surface area (Å²) in [6.07, 6.45) is -0.106. The molecule has 1 aliphatic heterocycles. The van der Waals surface area contributed by atoms with E-state index < -0.39 is 44.9 Å². The Morgan fingerprint density at radius 1 is 0.958 bits per heavy atom.